The Bertz CT molecular complexity index is 835. The molecule has 0 fully saturated rings. The second kappa shape index (κ2) is 6.02. The van der Waals surface area contributed by atoms with Gasteiger partial charge < -0.3 is 21.7 Å². The molecule has 2 rings (SSSR count). The molecule has 1 aliphatic rings. The van der Waals surface area contributed by atoms with Gasteiger partial charge in [-0.15, -0.1) is 0 Å². The quantitative estimate of drug-likeness (QED) is 0.479. The zero-order valence-electron chi connectivity index (χ0n) is 11.7. The summed E-state index contributed by atoms with van der Waals surface area (Å²) in [4.78, 5) is 47.3. The van der Waals surface area contributed by atoms with Crippen molar-refractivity contribution < 1.29 is 29.4 Å². The Morgan fingerprint density at radius 3 is 2.08 bits per heavy atom. The van der Waals surface area contributed by atoms with Crippen LogP contribution in [0.1, 0.15) is 11.1 Å². The number of carboxylic acid groups (broad SMARTS) is 2. The Balaban J connectivity index is 3.07. The number of carboxylic acids is 2. The van der Waals surface area contributed by atoms with Gasteiger partial charge in [0.15, 0.2) is 4.32 Å². The molecule has 8 nitrogen and oxygen atoms in total. The Morgan fingerprint density at radius 2 is 1.67 bits per heavy atom. The lowest BCUT2D eigenvalue weighted by Gasteiger charge is -2.37. The molecule has 10 heteroatoms. The molecule has 0 saturated carbocycles. The fourth-order valence-corrected chi connectivity index (χ4v) is 3.86. The number of carbonyl (C=O) groups excluding carboxylic acids is 2. The molecule has 1 aromatic rings. The van der Waals surface area contributed by atoms with Gasteiger partial charge in [-0.05, 0) is 23.3 Å². The summed E-state index contributed by atoms with van der Waals surface area (Å²) in [5.74, 6) is -7.48. The molecule has 24 heavy (non-hydrogen) atoms. The number of alkyl halides is 1. The minimum atomic E-state index is -2.21. The summed E-state index contributed by atoms with van der Waals surface area (Å²) in [5, 5.41) is 19.2. The SMILES string of the molecule is NC(=O)C1=C(C(N)=O)C(C(=O)O)C(Br)(C(=O)O)c2cc(Br)ccc21. The summed E-state index contributed by atoms with van der Waals surface area (Å²) in [5.41, 5.74) is 9.47. The van der Waals surface area contributed by atoms with E-state index >= 15 is 0 Å². The maximum absolute atomic E-state index is 11.9. The van der Waals surface area contributed by atoms with Gasteiger partial charge in [-0.3, -0.25) is 19.2 Å². The molecule has 0 bridgehead atoms. The van der Waals surface area contributed by atoms with Gasteiger partial charge >= 0.3 is 11.9 Å². The van der Waals surface area contributed by atoms with Crippen molar-refractivity contribution in [1.29, 1.82) is 0 Å². The van der Waals surface area contributed by atoms with Crippen molar-refractivity contribution in [3.63, 3.8) is 0 Å². The lowest BCUT2D eigenvalue weighted by molar-refractivity contribution is -0.150. The fourth-order valence-electron chi connectivity index (χ4n) is 2.74. The summed E-state index contributed by atoms with van der Waals surface area (Å²) in [7, 11) is 0. The second-order valence-electron chi connectivity index (χ2n) is 5.00. The number of halogens is 2. The maximum atomic E-state index is 11.9. The predicted octanol–water partition coefficient (Wildman–Crippen LogP) is 0.563. The Morgan fingerprint density at radius 1 is 1.08 bits per heavy atom. The third-order valence-corrected chi connectivity index (χ3v) is 5.39. The number of benzene rings is 1. The predicted molar refractivity (Wildman–Crippen MR) is 88.8 cm³/mol. The van der Waals surface area contributed by atoms with Crippen LogP contribution in [0.15, 0.2) is 28.2 Å². The molecular formula is C14H10Br2N2O6. The van der Waals surface area contributed by atoms with Crippen molar-refractivity contribution >= 4 is 61.2 Å². The lowest BCUT2D eigenvalue weighted by atomic mass is 9.70. The average molecular weight is 462 g/mol. The van der Waals surface area contributed by atoms with E-state index in [0.29, 0.717) is 4.47 Å². The van der Waals surface area contributed by atoms with Gasteiger partial charge in [-0.25, -0.2) is 0 Å². The highest BCUT2D eigenvalue weighted by Crippen LogP contribution is 2.51. The van der Waals surface area contributed by atoms with Crippen molar-refractivity contribution in [1.82, 2.24) is 0 Å². The minimum Gasteiger partial charge on any atom is -0.481 e. The zero-order valence-corrected chi connectivity index (χ0v) is 14.9. The Hall–Kier alpha value is -2.20. The molecule has 2 amide bonds. The van der Waals surface area contributed by atoms with E-state index in [9.17, 15) is 29.4 Å². The molecule has 6 N–H and O–H groups in total. The highest BCUT2D eigenvalue weighted by molar-refractivity contribution is 9.10. The number of amides is 2. The number of fused-ring (bicyclic) bond motifs is 1. The number of primary amides is 2. The Labute approximate surface area is 151 Å². The van der Waals surface area contributed by atoms with Crippen LogP contribution in [0.5, 0.6) is 0 Å². The first kappa shape index (κ1) is 18.1. The molecule has 0 aromatic heterocycles. The number of hydrogen-bond acceptors (Lipinski definition) is 4. The molecular weight excluding hydrogens is 452 g/mol. The van der Waals surface area contributed by atoms with E-state index in [1.807, 2.05) is 0 Å². The van der Waals surface area contributed by atoms with E-state index in [4.69, 9.17) is 11.5 Å². The first-order valence-electron chi connectivity index (χ1n) is 6.32. The van der Waals surface area contributed by atoms with Crippen LogP contribution in [-0.4, -0.2) is 34.0 Å². The van der Waals surface area contributed by atoms with E-state index in [2.05, 4.69) is 31.9 Å². The highest BCUT2D eigenvalue weighted by Gasteiger charge is 2.57. The molecule has 126 valence electrons. The van der Waals surface area contributed by atoms with Crippen LogP contribution in [0, 0.1) is 5.92 Å². The van der Waals surface area contributed by atoms with Crippen LogP contribution in [0.4, 0.5) is 0 Å². The first-order valence-corrected chi connectivity index (χ1v) is 7.91. The van der Waals surface area contributed by atoms with Gasteiger partial charge in [0.2, 0.25) is 11.8 Å². The van der Waals surface area contributed by atoms with Crippen LogP contribution in [0.3, 0.4) is 0 Å². The van der Waals surface area contributed by atoms with E-state index in [1.165, 1.54) is 18.2 Å². The smallest absolute Gasteiger partial charge is 0.326 e. The standard InChI is InChI=1S/C14H10Br2N2O6/c15-4-1-2-5-6(3-4)14(16,13(23)24)9(12(21)22)8(11(18)20)7(5)10(17)19/h1-3,9H,(H2,17,19)(H2,18,20)(H,21,22)(H,23,24). The van der Waals surface area contributed by atoms with Crippen LogP contribution in [-0.2, 0) is 23.5 Å². The molecule has 2 atom stereocenters. The molecule has 0 aliphatic heterocycles. The molecule has 1 aliphatic carbocycles. The average Bonchev–Trinajstić information content (AvgIpc) is 2.45. The van der Waals surface area contributed by atoms with Gasteiger partial charge in [-0.2, -0.15) is 0 Å². The van der Waals surface area contributed by atoms with E-state index in [-0.39, 0.29) is 11.1 Å². The van der Waals surface area contributed by atoms with E-state index < -0.39 is 45.1 Å². The summed E-state index contributed by atoms with van der Waals surface area (Å²) in [6.07, 6.45) is 0. The molecule has 1 aromatic carbocycles. The van der Waals surface area contributed by atoms with Gasteiger partial charge in [0.1, 0.15) is 5.92 Å². The summed E-state index contributed by atoms with van der Waals surface area (Å²) < 4.78 is -1.76. The summed E-state index contributed by atoms with van der Waals surface area (Å²) in [6.45, 7) is 0. The van der Waals surface area contributed by atoms with E-state index in [1.54, 1.807) is 0 Å². The van der Waals surface area contributed by atoms with Crippen LogP contribution >= 0.6 is 31.9 Å². The number of hydrogen-bond donors (Lipinski definition) is 4. The van der Waals surface area contributed by atoms with Crippen LogP contribution in [0.2, 0.25) is 0 Å². The number of rotatable bonds is 4. The molecule has 0 saturated heterocycles. The molecule has 0 radical (unpaired) electrons. The topological polar surface area (TPSA) is 161 Å². The lowest BCUT2D eigenvalue weighted by Crippen LogP contribution is -2.49. The van der Waals surface area contributed by atoms with Crippen LogP contribution in [0.25, 0.3) is 5.57 Å². The largest absolute Gasteiger partial charge is 0.481 e. The number of nitrogens with two attached hydrogens (primary N) is 2. The third kappa shape index (κ3) is 2.51. The van der Waals surface area contributed by atoms with Crippen molar-refractivity contribution in [2.24, 2.45) is 17.4 Å². The van der Waals surface area contributed by atoms with Crippen molar-refractivity contribution in [3.05, 3.63) is 39.4 Å². The van der Waals surface area contributed by atoms with Gasteiger partial charge in [0.25, 0.3) is 0 Å². The summed E-state index contributed by atoms with van der Waals surface area (Å²) in [6, 6.07) is 4.20. The zero-order chi connectivity index (χ0) is 18.4. The van der Waals surface area contributed by atoms with Gasteiger partial charge in [0, 0.05) is 10.0 Å². The molecule has 0 heterocycles. The second-order valence-corrected chi connectivity index (χ2v) is 7.16. The van der Waals surface area contributed by atoms with Gasteiger partial charge in [0.05, 0.1) is 5.57 Å². The number of aliphatic carboxylic acids is 2. The molecule has 0 spiro atoms. The van der Waals surface area contributed by atoms with E-state index in [0.717, 1.165) is 0 Å². The monoisotopic (exact) mass is 460 g/mol. The normalized spacial score (nSPS) is 22.7. The minimum absolute atomic E-state index is 0.0243. The van der Waals surface area contributed by atoms with Gasteiger partial charge in [-0.1, -0.05) is 37.9 Å². The highest BCUT2D eigenvalue weighted by atomic mass is 79.9. The van der Waals surface area contributed by atoms with Crippen molar-refractivity contribution in [2.45, 2.75) is 4.32 Å². The third-order valence-electron chi connectivity index (χ3n) is 3.67. The first-order chi connectivity index (χ1) is 11.0. The summed E-state index contributed by atoms with van der Waals surface area (Å²) >= 11 is 6.11. The van der Waals surface area contributed by atoms with Crippen LogP contribution < -0.4 is 11.5 Å². The maximum Gasteiger partial charge on any atom is 0.326 e. The Kier molecular flexibility index (Phi) is 4.55. The number of carbonyl (C=O) groups is 4. The fraction of sp³-hybridized carbons (Fsp3) is 0.143. The molecule has 2 unspecified atom stereocenters. The van der Waals surface area contributed by atoms with Crippen molar-refractivity contribution in [2.75, 3.05) is 0 Å². The van der Waals surface area contributed by atoms with Crippen molar-refractivity contribution in [3.8, 4) is 0 Å².